The molecule has 1 heterocycles. The Morgan fingerprint density at radius 3 is 2.46 bits per heavy atom. The molecule has 3 rings (SSSR count). The molecule has 2 aromatic carbocycles. The van der Waals surface area contributed by atoms with Gasteiger partial charge in [0.2, 0.25) is 5.91 Å². The van der Waals surface area contributed by atoms with Crippen molar-refractivity contribution < 1.29 is 9.59 Å². The van der Waals surface area contributed by atoms with Crippen LogP contribution >= 0.6 is 0 Å². The van der Waals surface area contributed by atoms with Gasteiger partial charge in [0.25, 0.3) is 5.91 Å². The zero-order valence-corrected chi connectivity index (χ0v) is 14.1. The van der Waals surface area contributed by atoms with Gasteiger partial charge < -0.3 is 10.2 Å². The van der Waals surface area contributed by atoms with Crippen LogP contribution in [0.15, 0.2) is 48.5 Å². The van der Waals surface area contributed by atoms with Gasteiger partial charge in [0.15, 0.2) is 0 Å². The van der Waals surface area contributed by atoms with E-state index < -0.39 is 6.04 Å². The summed E-state index contributed by atoms with van der Waals surface area (Å²) in [4.78, 5) is 27.1. The van der Waals surface area contributed by atoms with Crippen LogP contribution in [-0.4, -0.2) is 29.3 Å². The molecule has 1 aliphatic rings. The minimum absolute atomic E-state index is 0.0689. The molecule has 1 N–H and O–H groups in total. The number of aryl methyl sites for hydroxylation is 2. The maximum absolute atomic E-state index is 12.8. The molecular formula is C20H22N2O2. The van der Waals surface area contributed by atoms with E-state index in [1.165, 1.54) is 0 Å². The summed E-state index contributed by atoms with van der Waals surface area (Å²) in [5.74, 6) is -0.181. The first-order valence-corrected chi connectivity index (χ1v) is 8.30. The number of anilines is 1. The number of amides is 2. The van der Waals surface area contributed by atoms with Gasteiger partial charge in [-0.1, -0.05) is 29.8 Å². The first-order chi connectivity index (χ1) is 11.5. The Hall–Kier alpha value is -2.62. The fraction of sp³-hybridized carbons (Fsp3) is 0.300. The van der Waals surface area contributed by atoms with E-state index in [1.807, 2.05) is 62.4 Å². The van der Waals surface area contributed by atoms with Crippen LogP contribution in [0.3, 0.4) is 0 Å². The third kappa shape index (κ3) is 3.48. The maximum Gasteiger partial charge on any atom is 0.254 e. The normalized spacial score (nSPS) is 16.9. The van der Waals surface area contributed by atoms with Crippen molar-refractivity contribution in [3.05, 3.63) is 65.2 Å². The van der Waals surface area contributed by atoms with Crippen LogP contribution in [0.1, 0.15) is 34.3 Å². The number of carbonyl (C=O) groups excluding carboxylic acids is 2. The minimum atomic E-state index is -0.404. The molecule has 2 amide bonds. The first-order valence-electron chi connectivity index (χ1n) is 8.30. The largest absolute Gasteiger partial charge is 0.327 e. The van der Waals surface area contributed by atoms with Crippen molar-refractivity contribution in [3.63, 3.8) is 0 Å². The van der Waals surface area contributed by atoms with Gasteiger partial charge >= 0.3 is 0 Å². The molecule has 4 heteroatoms. The van der Waals surface area contributed by atoms with Crippen LogP contribution in [-0.2, 0) is 4.79 Å². The average molecular weight is 322 g/mol. The van der Waals surface area contributed by atoms with E-state index in [9.17, 15) is 9.59 Å². The second-order valence-corrected chi connectivity index (χ2v) is 6.38. The van der Waals surface area contributed by atoms with Crippen molar-refractivity contribution in [2.75, 3.05) is 11.9 Å². The Bertz CT molecular complexity index is 770. The number of hydrogen-bond acceptors (Lipinski definition) is 2. The summed E-state index contributed by atoms with van der Waals surface area (Å²) in [6.07, 6.45) is 1.55. The Labute approximate surface area is 142 Å². The van der Waals surface area contributed by atoms with E-state index in [0.29, 0.717) is 18.5 Å². The van der Waals surface area contributed by atoms with Gasteiger partial charge in [0.05, 0.1) is 0 Å². The SMILES string of the molecule is Cc1cccc(NC(=O)[C@@H]2CCCN2C(=O)c2cccc(C)c2)c1. The second-order valence-electron chi connectivity index (χ2n) is 6.38. The molecule has 0 saturated carbocycles. The van der Waals surface area contributed by atoms with Crippen molar-refractivity contribution in [1.29, 1.82) is 0 Å². The number of rotatable bonds is 3. The first kappa shape index (κ1) is 16.2. The van der Waals surface area contributed by atoms with Gasteiger partial charge in [-0.15, -0.1) is 0 Å². The number of nitrogens with one attached hydrogen (secondary N) is 1. The molecular weight excluding hydrogens is 300 g/mol. The van der Waals surface area contributed by atoms with E-state index in [4.69, 9.17) is 0 Å². The summed E-state index contributed by atoms with van der Waals surface area (Å²) in [6.45, 7) is 4.57. The van der Waals surface area contributed by atoms with Crippen LogP contribution < -0.4 is 5.32 Å². The molecule has 2 aromatic rings. The third-order valence-electron chi connectivity index (χ3n) is 4.37. The van der Waals surface area contributed by atoms with Gasteiger partial charge in [-0.3, -0.25) is 9.59 Å². The summed E-state index contributed by atoms with van der Waals surface area (Å²) in [6, 6.07) is 14.8. The predicted octanol–water partition coefficient (Wildman–Crippen LogP) is 3.55. The van der Waals surface area contributed by atoms with Crippen molar-refractivity contribution >= 4 is 17.5 Å². The van der Waals surface area contributed by atoms with Gasteiger partial charge in [-0.05, 0) is 56.5 Å². The van der Waals surface area contributed by atoms with Crippen LogP contribution in [0.25, 0.3) is 0 Å². The van der Waals surface area contributed by atoms with Crippen LogP contribution in [0.4, 0.5) is 5.69 Å². The summed E-state index contributed by atoms with van der Waals surface area (Å²) < 4.78 is 0. The number of carbonyl (C=O) groups is 2. The number of likely N-dealkylation sites (tertiary alicyclic amines) is 1. The molecule has 0 aromatic heterocycles. The Morgan fingerprint density at radius 1 is 1.04 bits per heavy atom. The highest BCUT2D eigenvalue weighted by Gasteiger charge is 2.34. The van der Waals surface area contributed by atoms with Crippen molar-refractivity contribution in [3.8, 4) is 0 Å². The molecule has 1 saturated heterocycles. The predicted molar refractivity (Wildman–Crippen MR) is 95.0 cm³/mol. The lowest BCUT2D eigenvalue weighted by Crippen LogP contribution is -2.43. The number of nitrogens with zero attached hydrogens (tertiary/aromatic N) is 1. The van der Waals surface area contributed by atoms with Crippen LogP contribution in [0.2, 0.25) is 0 Å². The molecule has 0 spiro atoms. The number of benzene rings is 2. The molecule has 124 valence electrons. The smallest absolute Gasteiger partial charge is 0.254 e. The van der Waals surface area contributed by atoms with Crippen molar-refractivity contribution in [1.82, 2.24) is 4.90 Å². The van der Waals surface area contributed by atoms with Gasteiger partial charge in [0.1, 0.15) is 6.04 Å². The molecule has 0 bridgehead atoms. The van der Waals surface area contributed by atoms with E-state index >= 15 is 0 Å². The molecule has 1 fully saturated rings. The molecule has 0 aliphatic carbocycles. The minimum Gasteiger partial charge on any atom is -0.327 e. The highest BCUT2D eigenvalue weighted by molar-refractivity contribution is 6.01. The van der Waals surface area contributed by atoms with Gasteiger partial charge in [-0.2, -0.15) is 0 Å². The summed E-state index contributed by atoms with van der Waals surface area (Å²) in [7, 11) is 0. The fourth-order valence-electron chi connectivity index (χ4n) is 3.17. The van der Waals surface area contributed by atoms with E-state index in [-0.39, 0.29) is 11.8 Å². The third-order valence-corrected chi connectivity index (χ3v) is 4.37. The summed E-state index contributed by atoms with van der Waals surface area (Å²) in [5.41, 5.74) is 3.55. The standard InChI is InChI=1S/C20H22N2O2/c1-14-6-3-8-16(12-14)20(24)22-11-5-10-18(22)19(23)21-17-9-4-7-15(2)13-17/h3-4,6-9,12-13,18H,5,10-11H2,1-2H3,(H,21,23)/t18-/m0/s1. The second kappa shape index (κ2) is 6.87. The maximum atomic E-state index is 12.8. The highest BCUT2D eigenvalue weighted by atomic mass is 16.2. The Balaban J connectivity index is 1.75. The van der Waals surface area contributed by atoms with E-state index in [1.54, 1.807) is 4.90 Å². The topological polar surface area (TPSA) is 49.4 Å². The lowest BCUT2D eigenvalue weighted by Gasteiger charge is -2.24. The Kier molecular flexibility index (Phi) is 4.65. The zero-order chi connectivity index (χ0) is 17.1. The monoisotopic (exact) mass is 322 g/mol. The van der Waals surface area contributed by atoms with E-state index in [0.717, 1.165) is 23.2 Å². The highest BCUT2D eigenvalue weighted by Crippen LogP contribution is 2.22. The zero-order valence-electron chi connectivity index (χ0n) is 14.1. The Morgan fingerprint density at radius 2 is 1.75 bits per heavy atom. The van der Waals surface area contributed by atoms with E-state index in [2.05, 4.69) is 5.32 Å². The summed E-state index contributed by atoms with van der Waals surface area (Å²) >= 11 is 0. The molecule has 0 radical (unpaired) electrons. The summed E-state index contributed by atoms with van der Waals surface area (Å²) in [5, 5.41) is 2.94. The molecule has 4 nitrogen and oxygen atoms in total. The molecule has 24 heavy (non-hydrogen) atoms. The quantitative estimate of drug-likeness (QED) is 0.939. The van der Waals surface area contributed by atoms with Crippen LogP contribution in [0.5, 0.6) is 0 Å². The fourth-order valence-corrected chi connectivity index (χ4v) is 3.17. The lowest BCUT2D eigenvalue weighted by molar-refractivity contribution is -0.119. The molecule has 0 unspecified atom stereocenters. The molecule has 1 aliphatic heterocycles. The van der Waals surface area contributed by atoms with Crippen molar-refractivity contribution in [2.24, 2.45) is 0 Å². The van der Waals surface area contributed by atoms with Gasteiger partial charge in [-0.25, -0.2) is 0 Å². The van der Waals surface area contributed by atoms with Crippen LogP contribution in [0, 0.1) is 13.8 Å². The lowest BCUT2D eigenvalue weighted by atomic mass is 10.1. The van der Waals surface area contributed by atoms with Gasteiger partial charge in [0, 0.05) is 17.8 Å². The number of hydrogen-bond donors (Lipinski definition) is 1. The average Bonchev–Trinajstić information content (AvgIpc) is 3.04. The van der Waals surface area contributed by atoms with Crippen molar-refractivity contribution in [2.45, 2.75) is 32.7 Å². The molecule has 1 atom stereocenters.